The largest absolute Gasteiger partial charge is 0.142 e. The van der Waals surface area contributed by atoms with Crippen LogP contribution in [0.4, 0.5) is 0 Å². The molecule has 4 heteroatoms. The summed E-state index contributed by atoms with van der Waals surface area (Å²) in [5.41, 5.74) is 3.35. The minimum atomic E-state index is 1.24. The number of unbranched alkanes of at least 4 members (excludes halogenated alkanes) is 10. The Balaban J connectivity index is 1.54. The molecular weight excluding hydrogens is 489 g/mol. The molecule has 0 atom stereocenters. The van der Waals surface area contributed by atoms with E-state index in [9.17, 15) is 0 Å². The van der Waals surface area contributed by atoms with Crippen LogP contribution < -0.4 is 0 Å². The summed E-state index contributed by atoms with van der Waals surface area (Å²) < 4.78 is 9.38. The zero-order valence-corrected chi connectivity index (χ0v) is 24.1. The third-order valence-corrected chi connectivity index (χ3v) is 11.9. The second kappa shape index (κ2) is 11.9. The molecule has 0 fully saturated rings. The first-order valence-electron chi connectivity index (χ1n) is 13.6. The molecule has 4 aromatic heterocycles. The lowest BCUT2D eigenvalue weighted by atomic mass is 9.95. The highest BCUT2D eigenvalue weighted by Gasteiger charge is 2.22. The molecule has 4 heterocycles. The van der Waals surface area contributed by atoms with Crippen molar-refractivity contribution in [1.82, 2.24) is 0 Å². The van der Waals surface area contributed by atoms with E-state index in [0.717, 1.165) is 0 Å². The number of hydrogen-bond acceptors (Lipinski definition) is 4. The zero-order valence-electron chi connectivity index (χ0n) is 20.8. The first-order valence-corrected chi connectivity index (χ1v) is 17.0. The molecular formula is C30H38S4. The standard InChI is InChI=1S/C30H38S4/c1-3-5-7-9-11-13-15-21-25-28(34-23-17-19-31-29(23)25)22(16-14-12-10-8-6-4-2)26-27(21)33-24-18-20-32-30(24)26/h17-20H,3-16H2,1-2H3. The van der Waals surface area contributed by atoms with Crippen LogP contribution in [0.5, 0.6) is 0 Å². The molecule has 0 unspecified atom stereocenters. The molecule has 0 nitrogen and oxygen atoms in total. The van der Waals surface area contributed by atoms with Crippen molar-refractivity contribution in [3.63, 3.8) is 0 Å². The fraction of sp³-hybridized carbons (Fsp3) is 0.533. The van der Waals surface area contributed by atoms with Crippen molar-refractivity contribution in [2.24, 2.45) is 0 Å². The average molecular weight is 527 g/mol. The molecule has 0 N–H and O–H groups in total. The van der Waals surface area contributed by atoms with E-state index >= 15 is 0 Å². The SMILES string of the molecule is CCCCCCCCc1c2sc3ccsc3c2c(CCCCCCCC)c2sc3ccsc3c12. The topological polar surface area (TPSA) is 0 Å². The predicted molar refractivity (Wildman–Crippen MR) is 162 cm³/mol. The van der Waals surface area contributed by atoms with Gasteiger partial charge in [-0.25, -0.2) is 0 Å². The van der Waals surface area contributed by atoms with Gasteiger partial charge in [0.25, 0.3) is 0 Å². The zero-order chi connectivity index (χ0) is 23.3. The molecule has 0 aliphatic heterocycles. The van der Waals surface area contributed by atoms with Crippen molar-refractivity contribution in [1.29, 1.82) is 0 Å². The summed E-state index contributed by atoms with van der Waals surface area (Å²) in [5, 5.41) is 7.87. The van der Waals surface area contributed by atoms with Gasteiger partial charge in [-0.2, -0.15) is 0 Å². The molecule has 0 aliphatic carbocycles. The van der Waals surface area contributed by atoms with Crippen LogP contribution in [0.1, 0.15) is 102 Å². The van der Waals surface area contributed by atoms with Gasteiger partial charge in [-0.3, -0.25) is 0 Å². The molecule has 0 bridgehead atoms. The van der Waals surface area contributed by atoms with Gasteiger partial charge in [-0.05, 0) is 59.7 Å². The van der Waals surface area contributed by atoms with Gasteiger partial charge in [-0.1, -0.05) is 78.1 Å². The van der Waals surface area contributed by atoms with Crippen LogP contribution >= 0.6 is 45.3 Å². The Morgan fingerprint density at radius 3 is 1.35 bits per heavy atom. The van der Waals surface area contributed by atoms with Crippen molar-refractivity contribution < 1.29 is 0 Å². The second-order valence-electron chi connectivity index (χ2n) is 9.83. The highest BCUT2D eigenvalue weighted by molar-refractivity contribution is 7.34. The summed E-state index contributed by atoms with van der Waals surface area (Å²) in [6.45, 7) is 4.62. The van der Waals surface area contributed by atoms with E-state index in [0.29, 0.717) is 0 Å². The number of rotatable bonds is 14. The van der Waals surface area contributed by atoms with E-state index < -0.39 is 0 Å². The molecule has 0 amide bonds. The van der Waals surface area contributed by atoms with Gasteiger partial charge < -0.3 is 0 Å². The molecule has 5 rings (SSSR count). The summed E-state index contributed by atoms with van der Waals surface area (Å²) >= 11 is 8.10. The number of fused-ring (bicyclic) bond motifs is 6. The molecule has 182 valence electrons. The van der Waals surface area contributed by atoms with Gasteiger partial charge in [-0.15, -0.1) is 45.3 Å². The maximum absolute atomic E-state index is 2.36. The van der Waals surface area contributed by atoms with Crippen LogP contribution in [0, 0.1) is 0 Å². The highest BCUT2D eigenvalue weighted by atomic mass is 32.1. The Morgan fingerprint density at radius 1 is 0.500 bits per heavy atom. The summed E-state index contributed by atoms with van der Waals surface area (Å²) in [5.74, 6) is 0. The van der Waals surface area contributed by atoms with Crippen LogP contribution in [-0.4, -0.2) is 0 Å². The number of benzene rings is 1. The predicted octanol–water partition coefficient (Wildman–Crippen LogP) is 12.4. The maximum atomic E-state index is 2.36. The Bertz CT molecular complexity index is 1240. The molecule has 5 aromatic rings. The van der Waals surface area contributed by atoms with E-state index in [-0.39, 0.29) is 0 Å². The minimum Gasteiger partial charge on any atom is -0.142 e. The van der Waals surface area contributed by atoms with Crippen LogP contribution in [-0.2, 0) is 12.8 Å². The number of thiophene rings is 4. The quantitative estimate of drug-likeness (QED) is 0.126. The van der Waals surface area contributed by atoms with Crippen molar-refractivity contribution >= 4 is 84.3 Å². The Kier molecular flexibility index (Phi) is 8.63. The Labute approximate surface area is 221 Å². The van der Waals surface area contributed by atoms with Crippen molar-refractivity contribution in [2.75, 3.05) is 0 Å². The third kappa shape index (κ3) is 4.98. The van der Waals surface area contributed by atoms with E-state index in [1.54, 1.807) is 40.7 Å². The van der Waals surface area contributed by atoms with Gasteiger partial charge >= 0.3 is 0 Å². The summed E-state index contributed by atoms with van der Waals surface area (Å²) in [4.78, 5) is 0. The smallest absolute Gasteiger partial charge is 0.0532 e. The van der Waals surface area contributed by atoms with Gasteiger partial charge in [0, 0.05) is 29.6 Å². The van der Waals surface area contributed by atoms with E-state index in [4.69, 9.17) is 0 Å². The minimum absolute atomic E-state index is 1.24. The van der Waals surface area contributed by atoms with Gasteiger partial charge in [0.1, 0.15) is 0 Å². The van der Waals surface area contributed by atoms with Gasteiger partial charge in [0.2, 0.25) is 0 Å². The van der Waals surface area contributed by atoms with Gasteiger partial charge in [0.05, 0.1) is 9.40 Å². The summed E-state index contributed by atoms with van der Waals surface area (Å²) in [7, 11) is 0. The molecule has 0 saturated heterocycles. The molecule has 34 heavy (non-hydrogen) atoms. The number of hydrogen-bond donors (Lipinski definition) is 0. The lowest BCUT2D eigenvalue weighted by Gasteiger charge is -2.12. The third-order valence-electron chi connectivity index (χ3n) is 7.30. The lowest BCUT2D eigenvalue weighted by molar-refractivity contribution is 0.608. The van der Waals surface area contributed by atoms with Crippen LogP contribution in [0.25, 0.3) is 39.0 Å². The fourth-order valence-electron chi connectivity index (χ4n) is 5.49. The Hall–Kier alpha value is -0.940. The van der Waals surface area contributed by atoms with Crippen molar-refractivity contribution in [3.05, 3.63) is 34.0 Å². The van der Waals surface area contributed by atoms with Gasteiger partial charge in [0.15, 0.2) is 0 Å². The molecule has 0 spiro atoms. The average Bonchev–Trinajstić information content (AvgIpc) is 3.60. The van der Waals surface area contributed by atoms with E-state index in [2.05, 4.69) is 59.4 Å². The summed E-state index contributed by atoms with van der Waals surface area (Å²) in [6.07, 6.45) is 19.0. The van der Waals surface area contributed by atoms with Crippen molar-refractivity contribution in [3.8, 4) is 0 Å². The lowest BCUT2D eigenvalue weighted by Crippen LogP contribution is -1.94. The Morgan fingerprint density at radius 2 is 0.912 bits per heavy atom. The normalized spacial score (nSPS) is 12.3. The van der Waals surface area contributed by atoms with E-state index in [1.807, 2.05) is 22.7 Å². The van der Waals surface area contributed by atoms with Crippen LogP contribution in [0.2, 0.25) is 0 Å². The number of aryl methyl sites for hydroxylation is 2. The van der Waals surface area contributed by atoms with Crippen molar-refractivity contribution in [2.45, 2.75) is 104 Å². The monoisotopic (exact) mass is 526 g/mol. The van der Waals surface area contributed by atoms with E-state index in [1.165, 1.54) is 99.3 Å². The summed E-state index contributed by atoms with van der Waals surface area (Å²) in [6, 6.07) is 4.73. The van der Waals surface area contributed by atoms with Crippen LogP contribution in [0.3, 0.4) is 0 Å². The second-order valence-corrected chi connectivity index (χ2v) is 13.8. The molecule has 0 saturated carbocycles. The fourth-order valence-corrected chi connectivity index (χ4v) is 10.5. The molecule has 1 aromatic carbocycles. The first kappa shape index (κ1) is 24.7. The highest BCUT2D eigenvalue weighted by Crippen LogP contribution is 2.50. The molecule has 0 aliphatic rings. The first-order chi connectivity index (χ1) is 16.8. The molecule has 0 radical (unpaired) electrons. The van der Waals surface area contributed by atoms with Crippen LogP contribution in [0.15, 0.2) is 22.9 Å². The maximum Gasteiger partial charge on any atom is 0.0532 e.